The number of carbonyl (C=O) groups excluding carboxylic acids is 1. The number of nitriles is 1. The number of carbonyl (C=O) groups is 1. The number of halogens is 1. The van der Waals surface area contributed by atoms with Gasteiger partial charge in [0.25, 0.3) is 5.91 Å². The number of hydrogen-bond donors (Lipinski definition) is 1. The van der Waals surface area contributed by atoms with Crippen molar-refractivity contribution in [3.63, 3.8) is 0 Å². The summed E-state index contributed by atoms with van der Waals surface area (Å²) in [6.45, 7) is 0.463. The second kappa shape index (κ2) is 6.83. The molecular formula is C15H12BrN3O. The van der Waals surface area contributed by atoms with E-state index in [1.807, 2.05) is 36.4 Å². The van der Waals surface area contributed by atoms with Gasteiger partial charge < -0.3 is 5.32 Å². The summed E-state index contributed by atoms with van der Waals surface area (Å²) in [5.74, 6) is -0.255. The van der Waals surface area contributed by atoms with Crippen LogP contribution in [0.3, 0.4) is 0 Å². The average Bonchev–Trinajstić information content (AvgIpc) is 2.53. The van der Waals surface area contributed by atoms with Gasteiger partial charge in [-0.1, -0.05) is 46.3 Å². The largest absolute Gasteiger partial charge is 0.349 e. The van der Waals surface area contributed by atoms with Crippen molar-refractivity contribution < 1.29 is 4.79 Å². The standard InChI is InChI=1S/C15H12BrN3O/c16-13(12-4-2-1-3-5-12)10-19-15(20)14-7-6-11(8-17)9-18-14/h1-7,9,13H,10H2,(H,19,20). The minimum absolute atomic E-state index is 0.0473. The van der Waals surface area contributed by atoms with E-state index in [0.29, 0.717) is 17.8 Å². The van der Waals surface area contributed by atoms with Crippen LogP contribution < -0.4 is 5.32 Å². The molecule has 0 saturated heterocycles. The van der Waals surface area contributed by atoms with Gasteiger partial charge in [0.1, 0.15) is 11.8 Å². The molecule has 1 atom stereocenters. The van der Waals surface area contributed by atoms with E-state index in [2.05, 4.69) is 26.2 Å². The van der Waals surface area contributed by atoms with Crippen LogP contribution >= 0.6 is 15.9 Å². The second-order valence-corrected chi connectivity index (χ2v) is 5.24. The Morgan fingerprint density at radius 1 is 1.30 bits per heavy atom. The number of aromatic nitrogens is 1. The summed E-state index contributed by atoms with van der Waals surface area (Å²) >= 11 is 3.53. The van der Waals surface area contributed by atoms with Crippen LogP contribution in [-0.4, -0.2) is 17.4 Å². The van der Waals surface area contributed by atoms with E-state index in [1.54, 1.807) is 12.1 Å². The number of rotatable bonds is 4. The fourth-order valence-corrected chi connectivity index (χ4v) is 2.11. The van der Waals surface area contributed by atoms with Gasteiger partial charge in [0.2, 0.25) is 0 Å². The molecule has 100 valence electrons. The Labute approximate surface area is 125 Å². The van der Waals surface area contributed by atoms with Crippen LogP contribution in [-0.2, 0) is 0 Å². The quantitative estimate of drug-likeness (QED) is 0.877. The minimum atomic E-state index is -0.255. The maximum absolute atomic E-state index is 11.9. The van der Waals surface area contributed by atoms with Gasteiger partial charge in [-0.2, -0.15) is 5.26 Å². The van der Waals surface area contributed by atoms with Crippen molar-refractivity contribution >= 4 is 21.8 Å². The molecule has 2 aromatic rings. The Morgan fingerprint density at radius 3 is 2.65 bits per heavy atom. The van der Waals surface area contributed by atoms with Crippen LogP contribution in [0.25, 0.3) is 0 Å². The first-order valence-electron chi connectivity index (χ1n) is 6.04. The first-order valence-corrected chi connectivity index (χ1v) is 6.95. The van der Waals surface area contributed by atoms with E-state index in [9.17, 15) is 4.79 Å². The van der Waals surface area contributed by atoms with Crippen LogP contribution in [0.4, 0.5) is 0 Å². The summed E-state index contributed by atoms with van der Waals surface area (Å²) in [5, 5.41) is 11.5. The molecule has 0 spiro atoms. The van der Waals surface area contributed by atoms with Gasteiger partial charge in [0, 0.05) is 12.7 Å². The highest BCUT2D eigenvalue weighted by atomic mass is 79.9. The predicted molar refractivity (Wildman–Crippen MR) is 79.4 cm³/mol. The normalized spacial score (nSPS) is 11.4. The van der Waals surface area contributed by atoms with Crippen LogP contribution in [0.5, 0.6) is 0 Å². The number of nitrogens with one attached hydrogen (secondary N) is 1. The van der Waals surface area contributed by atoms with Gasteiger partial charge in [0.05, 0.1) is 10.4 Å². The molecule has 1 heterocycles. The summed E-state index contributed by atoms with van der Waals surface area (Å²) in [6.07, 6.45) is 1.39. The Bertz CT molecular complexity index is 620. The zero-order valence-corrected chi connectivity index (χ0v) is 12.2. The maximum Gasteiger partial charge on any atom is 0.269 e. The fraction of sp³-hybridized carbons (Fsp3) is 0.133. The lowest BCUT2D eigenvalue weighted by Gasteiger charge is -2.11. The van der Waals surface area contributed by atoms with Crippen LogP contribution in [0.15, 0.2) is 48.7 Å². The number of benzene rings is 1. The first-order chi connectivity index (χ1) is 9.70. The topological polar surface area (TPSA) is 65.8 Å². The van der Waals surface area contributed by atoms with E-state index in [-0.39, 0.29) is 10.7 Å². The molecule has 1 N–H and O–H groups in total. The van der Waals surface area contributed by atoms with Gasteiger partial charge in [-0.15, -0.1) is 0 Å². The van der Waals surface area contributed by atoms with Crippen molar-refractivity contribution in [1.82, 2.24) is 10.3 Å². The van der Waals surface area contributed by atoms with E-state index in [4.69, 9.17) is 5.26 Å². The van der Waals surface area contributed by atoms with Gasteiger partial charge >= 0.3 is 0 Å². The molecule has 0 radical (unpaired) electrons. The molecule has 0 bridgehead atoms. The Morgan fingerprint density at radius 2 is 2.05 bits per heavy atom. The lowest BCUT2D eigenvalue weighted by atomic mass is 10.1. The number of hydrogen-bond acceptors (Lipinski definition) is 3. The molecule has 1 aromatic heterocycles. The highest BCUT2D eigenvalue weighted by Crippen LogP contribution is 2.21. The third kappa shape index (κ3) is 3.65. The van der Waals surface area contributed by atoms with E-state index in [0.717, 1.165) is 5.56 Å². The Kier molecular flexibility index (Phi) is 4.85. The summed E-state index contributed by atoms with van der Waals surface area (Å²) in [6, 6.07) is 14.9. The van der Waals surface area contributed by atoms with E-state index >= 15 is 0 Å². The third-order valence-electron chi connectivity index (χ3n) is 2.73. The van der Waals surface area contributed by atoms with Crippen molar-refractivity contribution in [2.45, 2.75) is 4.83 Å². The summed E-state index contributed by atoms with van der Waals surface area (Å²) in [4.78, 5) is 15.9. The van der Waals surface area contributed by atoms with Crippen LogP contribution in [0.2, 0.25) is 0 Å². The maximum atomic E-state index is 11.9. The van der Waals surface area contributed by atoms with Crippen LogP contribution in [0, 0.1) is 11.3 Å². The molecule has 4 nitrogen and oxygen atoms in total. The summed E-state index contributed by atoms with van der Waals surface area (Å²) in [5.41, 5.74) is 1.83. The van der Waals surface area contributed by atoms with Crippen LogP contribution in [0.1, 0.15) is 26.4 Å². The van der Waals surface area contributed by atoms with Crippen molar-refractivity contribution in [2.75, 3.05) is 6.54 Å². The van der Waals surface area contributed by atoms with Crippen molar-refractivity contribution in [1.29, 1.82) is 5.26 Å². The lowest BCUT2D eigenvalue weighted by Crippen LogP contribution is -2.27. The number of amides is 1. The lowest BCUT2D eigenvalue weighted by molar-refractivity contribution is 0.0949. The molecule has 0 aliphatic heterocycles. The number of nitrogens with zero attached hydrogens (tertiary/aromatic N) is 2. The predicted octanol–water partition coefficient (Wildman–Crippen LogP) is 2.82. The molecular weight excluding hydrogens is 318 g/mol. The molecule has 5 heteroatoms. The fourth-order valence-electron chi connectivity index (χ4n) is 1.65. The van der Waals surface area contributed by atoms with E-state index in [1.165, 1.54) is 6.20 Å². The van der Waals surface area contributed by atoms with Crippen molar-refractivity contribution in [3.05, 3.63) is 65.5 Å². The molecule has 1 amide bonds. The first kappa shape index (κ1) is 14.2. The van der Waals surface area contributed by atoms with Crippen molar-refractivity contribution in [2.24, 2.45) is 0 Å². The molecule has 2 rings (SSSR count). The van der Waals surface area contributed by atoms with Gasteiger partial charge in [-0.3, -0.25) is 4.79 Å². The van der Waals surface area contributed by atoms with E-state index < -0.39 is 0 Å². The molecule has 0 saturated carbocycles. The van der Waals surface area contributed by atoms with Gasteiger partial charge in [-0.25, -0.2) is 4.98 Å². The molecule has 1 aromatic carbocycles. The molecule has 20 heavy (non-hydrogen) atoms. The van der Waals surface area contributed by atoms with Crippen molar-refractivity contribution in [3.8, 4) is 6.07 Å². The molecule has 0 aliphatic rings. The molecule has 0 aliphatic carbocycles. The second-order valence-electron chi connectivity index (χ2n) is 4.13. The number of alkyl halides is 1. The molecule has 0 fully saturated rings. The minimum Gasteiger partial charge on any atom is -0.349 e. The van der Waals surface area contributed by atoms with Gasteiger partial charge in [-0.05, 0) is 17.7 Å². The average molecular weight is 330 g/mol. The smallest absolute Gasteiger partial charge is 0.269 e. The number of pyridine rings is 1. The zero-order valence-electron chi connectivity index (χ0n) is 10.6. The highest BCUT2D eigenvalue weighted by molar-refractivity contribution is 9.09. The van der Waals surface area contributed by atoms with Gasteiger partial charge in [0.15, 0.2) is 0 Å². The Balaban J connectivity index is 1.93. The highest BCUT2D eigenvalue weighted by Gasteiger charge is 2.11. The zero-order chi connectivity index (χ0) is 14.4. The summed E-state index contributed by atoms with van der Waals surface area (Å²) in [7, 11) is 0. The monoisotopic (exact) mass is 329 g/mol. The Hall–Kier alpha value is -2.19. The third-order valence-corrected chi connectivity index (χ3v) is 3.58. The summed E-state index contributed by atoms with van der Waals surface area (Å²) < 4.78 is 0. The molecule has 1 unspecified atom stereocenters. The SMILES string of the molecule is N#Cc1ccc(C(=O)NCC(Br)c2ccccc2)nc1.